The highest BCUT2D eigenvalue weighted by atomic mass is 32.2. The maximum atomic E-state index is 12.5. The number of nitrogens with zero attached hydrogens (tertiary/aromatic N) is 3. The van der Waals surface area contributed by atoms with Crippen LogP contribution in [-0.2, 0) is 10.0 Å². The molecule has 2 heterocycles. The van der Waals surface area contributed by atoms with Crippen molar-refractivity contribution >= 4 is 10.0 Å². The van der Waals surface area contributed by atoms with Crippen LogP contribution in [0.2, 0.25) is 0 Å². The maximum absolute atomic E-state index is 12.5. The number of hydrogen-bond donors (Lipinski definition) is 1. The number of nitrogens with two attached hydrogens (primary N) is 1. The van der Waals surface area contributed by atoms with Gasteiger partial charge in [0, 0.05) is 31.5 Å². The Morgan fingerprint density at radius 2 is 2.11 bits per heavy atom. The summed E-state index contributed by atoms with van der Waals surface area (Å²) in [5.74, 6) is 0. The van der Waals surface area contributed by atoms with Crippen molar-refractivity contribution in [2.75, 3.05) is 13.1 Å². The molecule has 0 aromatic carbocycles. The smallest absolute Gasteiger partial charge is 0.262 e. The van der Waals surface area contributed by atoms with Gasteiger partial charge < -0.3 is 5.73 Å². The lowest BCUT2D eigenvalue weighted by Gasteiger charge is -2.33. The zero-order valence-corrected chi connectivity index (χ0v) is 11.2. The predicted molar refractivity (Wildman–Crippen MR) is 67.4 cm³/mol. The van der Waals surface area contributed by atoms with Crippen molar-refractivity contribution in [1.82, 2.24) is 14.3 Å². The molecule has 0 radical (unpaired) electrons. The van der Waals surface area contributed by atoms with E-state index >= 15 is 0 Å². The third-order valence-electron chi connectivity index (χ3n) is 3.23. The second kappa shape index (κ2) is 5.29. The second-order valence-corrected chi connectivity index (χ2v) is 6.25. The summed E-state index contributed by atoms with van der Waals surface area (Å²) in [6.45, 7) is 2.51. The Labute approximate surface area is 107 Å². The zero-order chi connectivity index (χ0) is 13.2. The first-order valence-electron chi connectivity index (χ1n) is 6.07. The number of rotatable bonds is 3. The van der Waals surface area contributed by atoms with Crippen molar-refractivity contribution in [3.05, 3.63) is 18.1 Å². The first-order valence-corrected chi connectivity index (χ1v) is 7.51. The summed E-state index contributed by atoms with van der Waals surface area (Å²) in [5, 5.41) is 0.0466. The molecule has 1 aliphatic heterocycles. The molecule has 18 heavy (non-hydrogen) atoms. The van der Waals surface area contributed by atoms with E-state index in [1.54, 1.807) is 6.92 Å². The molecule has 6 nitrogen and oxygen atoms in total. The molecular formula is C11H18N4O2S. The molecule has 1 atom stereocenters. The van der Waals surface area contributed by atoms with Gasteiger partial charge >= 0.3 is 0 Å². The molecule has 0 spiro atoms. The van der Waals surface area contributed by atoms with Gasteiger partial charge in [0.1, 0.15) is 0 Å². The van der Waals surface area contributed by atoms with Gasteiger partial charge in [-0.25, -0.2) is 13.4 Å². The van der Waals surface area contributed by atoms with Crippen LogP contribution < -0.4 is 5.73 Å². The molecule has 1 aliphatic rings. The van der Waals surface area contributed by atoms with Crippen LogP contribution in [0.15, 0.2) is 17.4 Å². The molecule has 0 amide bonds. The average molecular weight is 270 g/mol. The summed E-state index contributed by atoms with van der Waals surface area (Å²) in [5.41, 5.74) is 6.09. The molecule has 0 bridgehead atoms. The summed E-state index contributed by atoms with van der Waals surface area (Å²) in [6, 6.07) is -0.120. The summed E-state index contributed by atoms with van der Waals surface area (Å²) in [6.07, 6.45) is 5.60. The summed E-state index contributed by atoms with van der Waals surface area (Å²) < 4.78 is 26.6. The maximum Gasteiger partial charge on any atom is 0.262 e. The SMILES string of the molecule is Cc1nccnc1S(=O)(=O)N1CCCC[C@@H]1CN. The Bertz CT molecular complexity index is 518. The van der Waals surface area contributed by atoms with Crippen LogP contribution >= 0.6 is 0 Å². The lowest BCUT2D eigenvalue weighted by Crippen LogP contribution is -2.47. The summed E-state index contributed by atoms with van der Waals surface area (Å²) in [4.78, 5) is 7.95. The average Bonchev–Trinajstić information content (AvgIpc) is 2.39. The molecule has 0 aliphatic carbocycles. The van der Waals surface area contributed by atoms with Gasteiger partial charge in [-0.15, -0.1) is 0 Å². The highest BCUT2D eigenvalue weighted by molar-refractivity contribution is 7.89. The van der Waals surface area contributed by atoms with Gasteiger partial charge in [0.15, 0.2) is 5.03 Å². The van der Waals surface area contributed by atoms with E-state index in [0.29, 0.717) is 18.8 Å². The second-order valence-electron chi connectivity index (χ2n) is 4.45. The van der Waals surface area contributed by atoms with E-state index < -0.39 is 10.0 Å². The quantitative estimate of drug-likeness (QED) is 0.852. The van der Waals surface area contributed by atoms with Crippen LogP contribution in [0, 0.1) is 6.92 Å². The van der Waals surface area contributed by atoms with Gasteiger partial charge in [0.05, 0.1) is 5.69 Å². The van der Waals surface area contributed by atoms with Gasteiger partial charge in [-0.05, 0) is 19.8 Å². The van der Waals surface area contributed by atoms with Gasteiger partial charge in [-0.2, -0.15) is 4.31 Å². The predicted octanol–water partition coefficient (Wildman–Crippen LogP) is 0.287. The van der Waals surface area contributed by atoms with E-state index in [9.17, 15) is 8.42 Å². The van der Waals surface area contributed by atoms with E-state index in [1.807, 2.05) is 0 Å². The Kier molecular flexibility index (Phi) is 3.94. The molecular weight excluding hydrogens is 252 g/mol. The number of aromatic nitrogens is 2. The Hall–Kier alpha value is -1.05. The lowest BCUT2D eigenvalue weighted by atomic mass is 10.1. The number of piperidine rings is 1. The first-order chi connectivity index (χ1) is 8.57. The topological polar surface area (TPSA) is 89.2 Å². The minimum Gasteiger partial charge on any atom is -0.329 e. The number of aryl methyl sites for hydroxylation is 1. The zero-order valence-electron chi connectivity index (χ0n) is 10.4. The van der Waals surface area contributed by atoms with E-state index in [-0.39, 0.29) is 11.1 Å². The van der Waals surface area contributed by atoms with Crippen molar-refractivity contribution in [2.24, 2.45) is 5.73 Å². The molecule has 1 aromatic rings. The van der Waals surface area contributed by atoms with Crippen LogP contribution in [-0.4, -0.2) is 41.8 Å². The largest absolute Gasteiger partial charge is 0.329 e. The van der Waals surface area contributed by atoms with Crippen molar-refractivity contribution in [3.8, 4) is 0 Å². The molecule has 0 saturated carbocycles. The van der Waals surface area contributed by atoms with E-state index in [0.717, 1.165) is 19.3 Å². The fourth-order valence-electron chi connectivity index (χ4n) is 2.29. The highest BCUT2D eigenvalue weighted by Crippen LogP contribution is 2.24. The van der Waals surface area contributed by atoms with Crippen LogP contribution in [0.1, 0.15) is 25.0 Å². The van der Waals surface area contributed by atoms with E-state index in [4.69, 9.17) is 5.73 Å². The van der Waals surface area contributed by atoms with Crippen molar-refractivity contribution < 1.29 is 8.42 Å². The van der Waals surface area contributed by atoms with E-state index in [2.05, 4.69) is 9.97 Å². The third kappa shape index (κ3) is 2.38. The van der Waals surface area contributed by atoms with Crippen molar-refractivity contribution in [1.29, 1.82) is 0 Å². The molecule has 0 unspecified atom stereocenters. The standard InChI is InChI=1S/C11H18N4O2S/c1-9-11(14-6-5-13-9)18(16,17)15-7-3-2-4-10(15)8-12/h5-6,10H,2-4,7-8,12H2,1H3/t10-/m1/s1. The van der Waals surface area contributed by atoms with Gasteiger partial charge in [0.25, 0.3) is 10.0 Å². The minimum absolute atomic E-state index is 0.0466. The summed E-state index contributed by atoms with van der Waals surface area (Å²) in [7, 11) is -3.57. The van der Waals surface area contributed by atoms with Crippen molar-refractivity contribution in [2.45, 2.75) is 37.3 Å². The van der Waals surface area contributed by atoms with Gasteiger partial charge in [-0.3, -0.25) is 4.98 Å². The normalized spacial score (nSPS) is 22.0. The van der Waals surface area contributed by atoms with Crippen LogP contribution in [0.3, 0.4) is 0 Å². The van der Waals surface area contributed by atoms with Crippen LogP contribution in [0.5, 0.6) is 0 Å². The summed E-state index contributed by atoms with van der Waals surface area (Å²) >= 11 is 0. The fraction of sp³-hybridized carbons (Fsp3) is 0.636. The molecule has 1 saturated heterocycles. The monoisotopic (exact) mass is 270 g/mol. The van der Waals surface area contributed by atoms with Crippen LogP contribution in [0.4, 0.5) is 0 Å². The molecule has 1 fully saturated rings. The van der Waals surface area contributed by atoms with Gasteiger partial charge in [-0.1, -0.05) is 6.42 Å². The number of sulfonamides is 1. The molecule has 100 valence electrons. The molecule has 2 rings (SSSR count). The Morgan fingerprint density at radius 1 is 1.39 bits per heavy atom. The van der Waals surface area contributed by atoms with Gasteiger partial charge in [0.2, 0.25) is 0 Å². The molecule has 1 aromatic heterocycles. The Balaban J connectivity index is 2.39. The van der Waals surface area contributed by atoms with Crippen molar-refractivity contribution in [3.63, 3.8) is 0 Å². The highest BCUT2D eigenvalue weighted by Gasteiger charge is 2.34. The fourth-order valence-corrected chi connectivity index (χ4v) is 4.08. The Morgan fingerprint density at radius 3 is 2.78 bits per heavy atom. The molecule has 7 heteroatoms. The lowest BCUT2D eigenvalue weighted by molar-refractivity contribution is 0.256. The minimum atomic E-state index is -3.57. The molecule has 2 N–H and O–H groups in total. The van der Waals surface area contributed by atoms with E-state index in [1.165, 1.54) is 16.7 Å². The first kappa shape index (κ1) is 13.4. The van der Waals surface area contributed by atoms with Crippen LogP contribution in [0.25, 0.3) is 0 Å². The third-order valence-corrected chi connectivity index (χ3v) is 5.22. The number of hydrogen-bond acceptors (Lipinski definition) is 5.